The number of hydrogen-bond donors (Lipinski definition) is 1. The number of sulfonamides is 1. The van der Waals surface area contributed by atoms with Crippen molar-refractivity contribution in [1.82, 2.24) is 0 Å². The Morgan fingerprint density at radius 3 is 2.44 bits per heavy atom. The molecule has 18 heavy (non-hydrogen) atoms. The van der Waals surface area contributed by atoms with Gasteiger partial charge in [-0.05, 0) is 29.8 Å². The normalized spacial score (nSPS) is 11.4. The van der Waals surface area contributed by atoms with Crippen LogP contribution in [-0.4, -0.2) is 14.7 Å². The number of nitrogens with two attached hydrogens (primary N) is 1. The van der Waals surface area contributed by atoms with E-state index in [0.29, 0.717) is 16.9 Å². The molecule has 0 aliphatic heterocycles. The van der Waals surface area contributed by atoms with Crippen LogP contribution in [0.5, 0.6) is 0 Å². The van der Waals surface area contributed by atoms with Crippen molar-refractivity contribution in [3.63, 3.8) is 0 Å². The molecule has 0 atom stereocenters. The quantitative estimate of drug-likeness (QED) is 0.885. The number of carbonyl (C=O) groups is 1. The summed E-state index contributed by atoms with van der Waals surface area (Å²) >= 11 is 6.96. The maximum atomic E-state index is 11.2. The van der Waals surface area contributed by atoms with Crippen molar-refractivity contribution in [3.8, 4) is 10.4 Å². The molecule has 0 aliphatic rings. The van der Waals surface area contributed by atoms with Gasteiger partial charge >= 0.3 is 0 Å². The summed E-state index contributed by atoms with van der Waals surface area (Å²) < 4.78 is 22.4. The van der Waals surface area contributed by atoms with E-state index in [0.717, 1.165) is 21.8 Å². The number of hydrogen-bond acceptors (Lipinski definition) is 4. The van der Waals surface area contributed by atoms with E-state index >= 15 is 0 Å². The van der Waals surface area contributed by atoms with Gasteiger partial charge in [-0.1, -0.05) is 17.7 Å². The molecule has 0 fully saturated rings. The number of halogens is 1. The van der Waals surface area contributed by atoms with E-state index in [9.17, 15) is 13.2 Å². The van der Waals surface area contributed by atoms with E-state index < -0.39 is 10.0 Å². The zero-order chi connectivity index (χ0) is 13.3. The van der Waals surface area contributed by atoms with Crippen molar-refractivity contribution in [2.45, 2.75) is 4.21 Å². The highest BCUT2D eigenvalue weighted by atomic mass is 35.5. The predicted octanol–water partition coefficient (Wildman–Crippen LogP) is 2.53. The summed E-state index contributed by atoms with van der Waals surface area (Å²) in [5.41, 5.74) is 1.13. The summed E-state index contributed by atoms with van der Waals surface area (Å²) in [5, 5.41) is 5.36. The molecule has 0 bridgehead atoms. The molecule has 0 unspecified atom stereocenters. The van der Waals surface area contributed by atoms with E-state index in [1.165, 1.54) is 6.07 Å². The Hall–Kier alpha value is -1.21. The number of benzene rings is 1. The molecule has 94 valence electrons. The fourth-order valence-corrected chi connectivity index (χ4v) is 3.35. The first-order chi connectivity index (χ1) is 8.41. The van der Waals surface area contributed by atoms with Crippen LogP contribution < -0.4 is 5.14 Å². The summed E-state index contributed by atoms with van der Waals surface area (Å²) in [6.45, 7) is 0. The van der Waals surface area contributed by atoms with Crippen LogP contribution in [0.4, 0.5) is 0 Å². The molecule has 0 saturated carbocycles. The number of primary sulfonamides is 1. The highest BCUT2D eigenvalue weighted by Gasteiger charge is 2.12. The molecule has 1 aromatic carbocycles. The van der Waals surface area contributed by atoms with Gasteiger partial charge in [-0.15, -0.1) is 11.3 Å². The second-order valence-electron chi connectivity index (χ2n) is 3.52. The zero-order valence-electron chi connectivity index (χ0n) is 8.96. The van der Waals surface area contributed by atoms with E-state index in [1.54, 1.807) is 24.3 Å². The van der Waals surface area contributed by atoms with Crippen molar-refractivity contribution in [2.75, 3.05) is 0 Å². The second kappa shape index (κ2) is 4.81. The Balaban J connectivity index is 2.47. The third kappa shape index (κ3) is 2.62. The van der Waals surface area contributed by atoms with Crippen LogP contribution >= 0.6 is 22.9 Å². The number of aldehydes is 1. The molecule has 0 saturated heterocycles. The van der Waals surface area contributed by atoms with Gasteiger partial charge in [-0.25, -0.2) is 13.6 Å². The monoisotopic (exact) mass is 301 g/mol. The average Bonchev–Trinajstić information content (AvgIpc) is 2.77. The van der Waals surface area contributed by atoms with Gasteiger partial charge in [-0.3, -0.25) is 4.79 Å². The zero-order valence-corrected chi connectivity index (χ0v) is 11.3. The van der Waals surface area contributed by atoms with E-state index in [2.05, 4.69) is 0 Å². The van der Waals surface area contributed by atoms with Gasteiger partial charge in [0.2, 0.25) is 10.0 Å². The van der Waals surface area contributed by atoms with E-state index in [1.807, 2.05) is 0 Å². The highest BCUT2D eigenvalue weighted by molar-refractivity contribution is 7.91. The number of thiophene rings is 1. The summed E-state index contributed by atoms with van der Waals surface area (Å²) in [6.07, 6.45) is 0.663. The first-order valence-electron chi connectivity index (χ1n) is 4.79. The summed E-state index contributed by atoms with van der Waals surface area (Å²) in [6, 6.07) is 7.99. The third-order valence-electron chi connectivity index (χ3n) is 2.27. The lowest BCUT2D eigenvalue weighted by Crippen LogP contribution is -2.09. The van der Waals surface area contributed by atoms with Crippen molar-refractivity contribution in [2.24, 2.45) is 5.14 Å². The largest absolute Gasteiger partial charge is 0.298 e. The fourth-order valence-electron chi connectivity index (χ4n) is 1.40. The first kappa shape index (κ1) is 13.2. The molecule has 2 rings (SSSR count). The Morgan fingerprint density at radius 1 is 1.22 bits per heavy atom. The summed E-state index contributed by atoms with van der Waals surface area (Å²) in [4.78, 5) is 11.4. The predicted molar refractivity (Wildman–Crippen MR) is 71.5 cm³/mol. The van der Waals surface area contributed by atoms with Crippen LogP contribution in [0.3, 0.4) is 0 Å². The van der Waals surface area contributed by atoms with E-state index in [4.69, 9.17) is 16.7 Å². The second-order valence-corrected chi connectivity index (χ2v) is 6.80. The van der Waals surface area contributed by atoms with Crippen LogP contribution in [0.15, 0.2) is 34.5 Å². The molecular weight excluding hydrogens is 294 g/mol. The molecule has 1 heterocycles. The Morgan fingerprint density at radius 2 is 1.94 bits per heavy atom. The van der Waals surface area contributed by atoms with E-state index in [-0.39, 0.29) is 4.21 Å². The Labute approximate surface area is 113 Å². The minimum atomic E-state index is -3.68. The smallest absolute Gasteiger partial charge is 0.247 e. The van der Waals surface area contributed by atoms with Gasteiger partial charge < -0.3 is 0 Å². The maximum absolute atomic E-state index is 11.2. The minimum Gasteiger partial charge on any atom is -0.298 e. The Kier molecular flexibility index (Phi) is 3.54. The SMILES string of the molecule is NS(=O)(=O)c1ccc(-c2ccc(C=O)c(Cl)c2)s1. The van der Waals surface area contributed by atoms with Crippen molar-refractivity contribution in [3.05, 3.63) is 40.9 Å². The number of rotatable bonds is 3. The standard InChI is InChI=1S/C11H8ClNO3S2/c12-9-5-7(1-2-8(9)6-14)10-3-4-11(17-10)18(13,15)16/h1-6H,(H2,13,15,16). The number of carbonyl (C=O) groups excluding carboxylic acids is 1. The van der Waals surface area contributed by atoms with Crippen molar-refractivity contribution >= 4 is 39.2 Å². The Bertz CT molecular complexity index is 707. The molecule has 0 spiro atoms. The van der Waals surface area contributed by atoms with Crippen molar-refractivity contribution in [1.29, 1.82) is 0 Å². The van der Waals surface area contributed by atoms with Gasteiger partial charge in [0.1, 0.15) is 4.21 Å². The molecule has 1 aromatic heterocycles. The molecule has 0 radical (unpaired) electrons. The van der Waals surface area contributed by atoms with Crippen LogP contribution in [0, 0.1) is 0 Å². The molecular formula is C11H8ClNO3S2. The van der Waals surface area contributed by atoms with Crippen LogP contribution in [0.1, 0.15) is 10.4 Å². The first-order valence-corrected chi connectivity index (χ1v) is 7.53. The molecule has 2 aromatic rings. The molecule has 4 nitrogen and oxygen atoms in total. The van der Waals surface area contributed by atoms with Gasteiger partial charge in [0.05, 0.1) is 5.02 Å². The van der Waals surface area contributed by atoms with Crippen molar-refractivity contribution < 1.29 is 13.2 Å². The maximum Gasteiger partial charge on any atom is 0.247 e. The molecule has 0 amide bonds. The van der Waals surface area contributed by atoms with Gasteiger partial charge in [0.15, 0.2) is 6.29 Å². The molecule has 2 N–H and O–H groups in total. The summed E-state index contributed by atoms with van der Waals surface area (Å²) in [7, 11) is -3.68. The van der Waals surface area contributed by atoms with Gasteiger partial charge in [0, 0.05) is 10.4 Å². The molecule has 7 heteroatoms. The van der Waals surface area contributed by atoms with Crippen LogP contribution in [0.25, 0.3) is 10.4 Å². The van der Waals surface area contributed by atoms with Gasteiger partial charge in [-0.2, -0.15) is 0 Å². The lowest BCUT2D eigenvalue weighted by atomic mass is 10.1. The highest BCUT2D eigenvalue weighted by Crippen LogP contribution is 2.32. The van der Waals surface area contributed by atoms with Gasteiger partial charge in [0.25, 0.3) is 0 Å². The minimum absolute atomic E-state index is 0.0908. The average molecular weight is 302 g/mol. The fraction of sp³-hybridized carbons (Fsp3) is 0. The topological polar surface area (TPSA) is 77.2 Å². The third-order valence-corrected chi connectivity index (χ3v) is 5.17. The lowest BCUT2D eigenvalue weighted by molar-refractivity contribution is 0.112. The lowest BCUT2D eigenvalue weighted by Gasteiger charge is -2.00. The van der Waals surface area contributed by atoms with Crippen LogP contribution in [0.2, 0.25) is 5.02 Å². The van der Waals surface area contributed by atoms with Crippen LogP contribution in [-0.2, 0) is 10.0 Å². The summed E-state index contributed by atoms with van der Waals surface area (Å²) in [5.74, 6) is 0. The molecule has 0 aliphatic carbocycles.